The van der Waals surface area contributed by atoms with Crippen LogP contribution in [0.1, 0.15) is 24.2 Å². The van der Waals surface area contributed by atoms with Crippen LogP contribution >= 0.6 is 11.6 Å². The normalized spacial score (nSPS) is 14.3. The van der Waals surface area contributed by atoms with E-state index in [-0.39, 0.29) is 17.2 Å². The predicted octanol–water partition coefficient (Wildman–Crippen LogP) is 5.10. The number of nitrogens with zero attached hydrogens (tertiary/aromatic N) is 3. The molecule has 0 bridgehead atoms. The molecule has 1 saturated heterocycles. The minimum atomic E-state index is -0.517. The quantitative estimate of drug-likeness (QED) is 0.466. The Bertz CT molecular complexity index is 1200. The Hall–Kier alpha value is -3.10. The summed E-state index contributed by atoms with van der Waals surface area (Å²) in [7, 11) is 2.10. The summed E-state index contributed by atoms with van der Waals surface area (Å²) < 4.78 is 25.0. The molecule has 9 heteroatoms. The number of esters is 1. The second-order valence-corrected chi connectivity index (χ2v) is 8.49. The summed E-state index contributed by atoms with van der Waals surface area (Å²) in [6.07, 6.45) is 1.49. The molecule has 1 fully saturated rings. The molecule has 0 spiro atoms. The number of aromatic nitrogens is 1. The molecule has 0 saturated carbocycles. The lowest BCUT2D eigenvalue weighted by Gasteiger charge is -2.35. The van der Waals surface area contributed by atoms with Crippen LogP contribution in [0.2, 0.25) is 5.02 Å². The van der Waals surface area contributed by atoms with Gasteiger partial charge in [0.05, 0.1) is 35.1 Å². The summed E-state index contributed by atoms with van der Waals surface area (Å²) >= 11 is 6.00. The first-order valence-electron chi connectivity index (χ1n) is 11.3. The van der Waals surface area contributed by atoms with Crippen LogP contribution in [0.15, 0.2) is 36.5 Å². The first kappa shape index (κ1) is 24.0. The number of fused-ring (bicyclic) bond motifs is 1. The number of carbonyl (C=O) groups excluding carboxylic acids is 1. The van der Waals surface area contributed by atoms with E-state index in [9.17, 15) is 9.18 Å². The highest BCUT2D eigenvalue weighted by Gasteiger charge is 2.23. The molecule has 4 rings (SSSR count). The van der Waals surface area contributed by atoms with E-state index in [0.717, 1.165) is 43.0 Å². The van der Waals surface area contributed by atoms with Crippen LogP contribution in [0.5, 0.6) is 5.75 Å². The van der Waals surface area contributed by atoms with Crippen molar-refractivity contribution in [2.24, 2.45) is 0 Å². The van der Waals surface area contributed by atoms with Crippen LogP contribution < -0.4 is 15.0 Å². The molecule has 2 aromatic carbocycles. The summed E-state index contributed by atoms with van der Waals surface area (Å²) in [6, 6.07) is 8.21. The number of ether oxygens (including phenoxy) is 2. The van der Waals surface area contributed by atoms with E-state index >= 15 is 0 Å². The van der Waals surface area contributed by atoms with Gasteiger partial charge >= 0.3 is 5.97 Å². The second kappa shape index (κ2) is 10.4. The Balaban J connectivity index is 1.88. The Morgan fingerprint density at radius 2 is 1.91 bits per heavy atom. The number of hydrogen-bond donors (Lipinski definition) is 1. The molecule has 180 valence electrons. The van der Waals surface area contributed by atoms with Gasteiger partial charge in [0.15, 0.2) is 0 Å². The highest BCUT2D eigenvalue weighted by molar-refractivity contribution is 6.31. The van der Waals surface area contributed by atoms with Crippen molar-refractivity contribution in [1.29, 1.82) is 0 Å². The molecule has 0 aliphatic carbocycles. The highest BCUT2D eigenvalue weighted by atomic mass is 35.5. The summed E-state index contributed by atoms with van der Waals surface area (Å²) in [5.74, 6) is -0.273. The van der Waals surface area contributed by atoms with E-state index in [1.54, 1.807) is 13.0 Å². The van der Waals surface area contributed by atoms with Crippen molar-refractivity contribution in [1.82, 2.24) is 9.88 Å². The second-order valence-electron chi connectivity index (χ2n) is 8.08. The van der Waals surface area contributed by atoms with Crippen molar-refractivity contribution in [2.75, 3.05) is 56.7 Å². The zero-order valence-electron chi connectivity index (χ0n) is 19.5. The van der Waals surface area contributed by atoms with E-state index in [4.69, 9.17) is 21.1 Å². The lowest BCUT2D eigenvalue weighted by Crippen LogP contribution is -2.44. The Labute approximate surface area is 203 Å². The van der Waals surface area contributed by atoms with Crippen LogP contribution in [0, 0.1) is 5.82 Å². The van der Waals surface area contributed by atoms with Gasteiger partial charge in [0.2, 0.25) is 0 Å². The summed E-state index contributed by atoms with van der Waals surface area (Å²) in [5, 5.41) is 3.96. The third-order valence-electron chi connectivity index (χ3n) is 5.78. The standard InChI is InChI=1S/C25H28ClFN4O3/c1-4-33-23-14-21-17(13-22(23)31-10-8-30(3)9-11-31)24(18(15-28-21)25(32)34-5-2)29-16-6-7-20(27)19(26)12-16/h6-7,12-15H,4-5,8-11H2,1-3H3,(H,28,29). The number of nitrogens with one attached hydrogen (secondary N) is 1. The third kappa shape index (κ3) is 5.03. The van der Waals surface area contributed by atoms with Gasteiger partial charge in [-0.2, -0.15) is 0 Å². The van der Waals surface area contributed by atoms with Crippen LogP contribution in [0.4, 0.5) is 21.5 Å². The Kier molecular flexibility index (Phi) is 7.38. The monoisotopic (exact) mass is 486 g/mol. The van der Waals surface area contributed by atoms with Crippen molar-refractivity contribution in [3.8, 4) is 5.75 Å². The molecule has 7 nitrogen and oxygen atoms in total. The van der Waals surface area contributed by atoms with E-state index in [2.05, 4.69) is 27.1 Å². The topological polar surface area (TPSA) is 66.9 Å². The molecule has 1 aliphatic rings. The van der Waals surface area contributed by atoms with Gasteiger partial charge in [-0.1, -0.05) is 11.6 Å². The van der Waals surface area contributed by atoms with Crippen molar-refractivity contribution in [3.63, 3.8) is 0 Å². The molecule has 1 aliphatic heterocycles. The smallest absolute Gasteiger partial charge is 0.341 e. The van der Waals surface area contributed by atoms with E-state index in [0.29, 0.717) is 23.5 Å². The molecular formula is C25H28ClFN4O3. The lowest BCUT2D eigenvalue weighted by atomic mass is 10.1. The van der Waals surface area contributed by atoms with Crippen LogP contribution in [0.25, 0.3) is 10.9 Å². The van der Waals surface area contributed by atoms with E-state index in [1.807, 2.05) is 19.1 Å². The zero-order chi connectivity index (χ0) is 24.2. The first-order valence-corrected chi connectivity index (χ1v) is 11.7. The molecule has 1 N–H and O–H groups in total. The zero-order valence-corrected chi connectivity index (χ0v) is 20.3. The lowest BCUT2D eigenvalue weighted by molar-refractivity contribution is 0.0527. The molecule has 0 atom stereocenters. The van der Waals surface area contributed by atoms with Gasteiger partial charge in [0.25, 0.3) is 0 Å². The van der Waals surface area contributed by atoms with Crippen molar-refractivity contribution in [2.45, 2.75) is 13.8 Å². The van der Waals surface area contributed by atoms with Gasteiger partial charge in [-0.3, -0.25) is 4.98 Å². The summed E-state index contributed by atoms with van der Waals surface area (Å²) in [5.41, 5.74) is 2.93. The molecule has 1 aromatic heterocycles. The molecular weight excluding hydrogens is 459 g/mol. The van der Waals surface area contributed by atoms with E-state index in [1.165, 1.54) is 18.3 Å². The van der Waals surface area contributed by atoms with Crippen LogP contribution in [-0.4, -0.2) is 62.3 Å². The van der Waals surface area contributed by atoms with Crippen LogP contribution in [0.3, 0.4) is 0 Å². The fraction of sp³-hybridized carbons (Fsp3) is 0.360. The molecule has 0 amide bonds. The maximum atomic E-state index is 13.7. The van der Waals surface area contributed by atoms with Gasteiger partial charge < -0.3 is 24.6 Å². The fourth-order valence-corrected chi connectivity index (χ4v) is 4.17. The maximum absolute atomic E-state index is 13.7. The Morgan fingerprint density at radius 1 is 1.15 bits per heavy atom. The van der Waals surface area contributed by atoms with Gasteiger partial charge in [-0.25, -0.2) is 9.18 Å². The SMILES string of the molecule is CCOC(=O)c1cnc2cc(OCC)c(N3CCN(C)CC3)cc2c1Nc1ccc(F)c(Cl)c1. The number of pyridine rings is 1. The molecule has 34 heavy (non-hydrogen) atoms. The average Bonchev–Trinajstić information content (AvgIpc) is 2.82. The number of likely N-dealkylation sites (N-methyl/N-ethyl adjacent to an activating group) is 1. The highest BCUT2D eigenvalue weighted by Crippen LogP contribution is 2.39. The minimum Gasteiger partial charge on any atom is -0.492 e. The number of benzene rings is 2. The number of rotatable bonds is 7. The number of halogens is 2. The van der Waals surface area contributed by atoms with Gasteiger partial charge in [0, 0.05) is 49.5 Å². The number of hydrogen-bond acceptors (Lipinski definition) is 7. The number of carbonyl (C=O) groups is 1. The summed E-state index contributed by atoms with van der Waals surface area (Å²) in [6.45, 7) is 8.01. The largest absolute Gasteiger partial charge is 0.492 e. The third-order valence-corrected chi connectivity index (χ3v) is 6.07. The maximum Gasteiger partial charge on any atom is 0.341 e. The Morgan fingerprint density at radius 3 is 2.59 bits per heavy atom. The van der Waals surface area contributed by atoms with Crippen molar-refractivity contribution in [3.05, 3.63) is 52.9 Å². The minimum absolute atomic E-state index is 0.0159. The van der Waals surface area contributed by atoms with Crippen molar-refractivity contribution >= 4 is 45.5 Å². The molecule has 3 aromatic rings. The molecule has 2 heterocycles. The number of anilines is 3. The van der Waals surface area contributed by atoms with Gasteiger partial charge in [-0.15, -0.1) is 0 Å². The van der Waals surface area contributed by atoms with Crippen LogP contribution in [-0.2, 0) is 4.74 Å². The fourth-order valence-electron chi connectivity index (χ4n) is 3.99. The van der Waals surface area contributed by atoms with Gasteiger partial charge in [-0.05, 0) is 45.2 Å². The average molecular weight is 487 g/mol. The van der Waals surface area contributed by atoms with Crippen molar-refractivity contribution < 1.29 is 18.7 Å². The summed E-state index contributed by atoms with van der Waals surface area (Å²) in [4.78, 5) is 21.9. The molecule has 0 radical (unpaired) electrons. The number of piperazine rings is 1. The van der Waals surface area contributed by atoms with E-state index < -0.39 is 11.8 Å². The van der Waals surface area contributed by atoms with Gasteiger partial charge in [0.1, 0.15) is 17.1 Å². The predicted molar refractivity (Wildman–Crippen MR) is 133 cm³/mol. The first-order chi connectivity index (χ1) is 16.4. The molecule has 0 unspecified atom stereocenters.